The van der Waals surface area contributed by atoms with Gasteiger partial charge in [-0.1, -0.05) is 52.1 Å². The number of halogens is 2. The summed E-state index contributed by atoms with van der Waals surface area (Å²) in [5, 5.41) is 0. The van der Waals surface area contributed by atoms with Crippen LogP contribution in [0.2, 0.25) is 0 Å². The Labute approximate surface area is 109 Å². The summed E-state index contributed by atoms with van der Waals surface area (Å²) >= 11 is 7.12. The van der Waals surface area contributed by atoms with Crippen molar-refractivity contribution in [1.29, 1.82) is 0 Å². The van der Waals surface area contributed by atoms with E-state index in [9.17, 15) is 0 Å². The highest BCUT2D eigenvalue weighted by molar-refractivity contribution is 9.11. The van der Waals surface area contributed by atoms with Gasteiger partial charge in [-0.05, 0) is 36.1 Å². The molecule has 0 aliphatic heterocycles. The van der Waals surface area contributed by atoms with Gasteiger partial charge in [0.15, 0.2) is 0 Å². The van der Waals surface area contributed by atoms with Gasteiger partial charge in [0.25, 0.3) is 0 Å². The van der Waals surface area contributed by atoms with Crippen LogP contribution in [0.3, 0.4) is 0 Å². The van der Waals surface area contributed by atoms with Crippen LogP contribution in [0.1, 0.15) is 37.4 Å². The van der Waals surface area contributed by atoms with Gasteiger partial charge in [-0.2, -0.15) is 0 Å². The van der Waals surface area contributed by atoms with Gasteiger partial charge in [0.2, 0.25) is 0 Å². The molecule has 0 aliphatic carbocycles. The van der Waals surface area contributed by atoms with E-state index < -0.39 is 0 Å². The maximum atomic E-state index is 6.22. The SMILES string of the molecule is CCC(C)C(N)c1cc(Br)c(C)cc1Br. The molecule has 0 bridgehead atoms. The average Bonchev–Trinajstić information content (AvgIpc) is 2.21. The van der Waals surface area contributed by atoms with Gasteiger partial charge in [-0.3, -0.25) is 0 Å². The van der Waals surface area contributed by atoms with Crippen molar-refractivity contribution >= 4 is 31.9 Å². The zero-order chi connectivity index (χ0) is 11.6. The summed E-state index contributed by atoms with van der Waals surface area (Å²) in [5.74, 6) is 0.496. The minimum Gasteiger partial charge on any atom is -0.324 e. The van der Waals surface area contributed by atoms with Crippen LogP contribution in [0.5, 0.6) is 0 Å². The average molecular weight is 335 g/mol. The number of rotatable bonds is 3. The second kappa shape index (κ2) is 5.46. The number of aryl methyl sites for hydroxylation is 1. The Morgan fingerprint density at radius 2 is 1.87 bits per heavy atom. The van der Waals surface area contributed by atoms with Crippen LogP contribution in [-0.4, -0.2) is 0 Å². The van der Waals surface area contributed by atoms with E-state index in [-0.39, 0.29) is 6.04 Å². The van der Waals surface area contributed by atoms with Gasteiger partial charge < -0.3 is 5.73 Å². The molecule has 0 saturated heterocycles. The van der Waals surface area contributed by atoms with E-state index in [1.807, 2.05) is 0 Å². The van der Waals surface area contributed by atoms with Crippen molar-refractivity contribution in [1.82, 2.24) is 0 Å². The molecule has 0 fully saturated rings. The third kappa shape index (κ3) is 3.05. The van der Waals surface area contributed by atoms with E-state index in [4.69, 9.17) is 5.73 Å². The fourth-order valence-corrected chi connectivity index (χ4v) is 2.56. The molecule has 15 heavy (non-hydrogen) atoms. The Balaban J connectivity index is 3.09. The molecule has 2 unspecified atom stereocenters. The van der Waals surface area contributed by atoms with E-state index in [2.05, 4.69) is 64.8 Å². The molecule has 1 aromatic carbocycles. The minimum atomic E-state index is 0.0984. The van der Waals surface area contributed by atoms with Crippen LogP contribution in [0.15, 0.2) is 21.1 Å². The Morgan fingerprint density at radius 1 is 1.27 bits per heavy atom. The van der Waals surface area contributed by atoms with E-state index >= 15 is 0 Å². The van der Waals surface area contributed by atoms with Crippen LogP contribution in [0.25, 0.3) is 0 Å². The Hall–Kier alpha value is 0.140. The van der Waals surface area contributed by atoms with Crippen molar-refractivity contribution in [2.24, 2.45) is 11.7 Å². The molecule has 0 radical (unpaired) electrons. The molecule has 0 amide bonds. The molecule has 1 aromatic rings. The molecule has 0 saturated carbocycles. The largest absolute Gasteiger partial charge is 0.324 e. The van der Waals surface area contributed by atoms with E-state index in [1.54, 1.807) is 0 Å². The molecular formula is C12H17Br2N. The molecular weight excluding hydrogens is 318 g/mol. The summed E-state index contributed by atoms with van der Waals surface area (Å²) in [6.45, 7) is 6.43. The van der Waals surface area contributed by atoms with Crippen LogP contribution >= 0.6 is 31.9 Å². The summed E-state index contributed by atoms with van der Waals surface area (Å²) in [6, 6.07) is 4.33. The molecule has 0 spiro atoms. The third-order valence-electron chi connectivity index (χ3n) is 2.89. The maximum absolute atomic E-state index is 6.22. The topological polar surface area (TPSA) is 26.0 Å². The lowest BCUT2D eigenvalue weighted by molar-refractivity contribution is 0.455. The second-order valence-electron chi connectivity index (χ2n) is 4.03. The van der Waals surface area contributed by atoms with Gasteiger partial charge in [-0.25, -0.2) is 0 Å². The molecule has 1 nitrogen and oxygen atoms in total. The third-order valence-corrected chi connectivity index (χ3v) is 4.44. The van der Waals surface area contributed by atoms with Crippen molar-refractivity contribution in [2.45, 2.75) is 33.2 Å². The maximum Gasteiger partial charge on any atom is 0.0332 e. The van der Waals surface area contributed by atoms with Crippen LogP contribution < -0.4 is 5.73 Å². The van der Waals surface area contributed by atoms with Gasteiger partial charge in [0.1, 0.15) is 0 Å². The predicted molar refractivity (Wildman–Crippen MR) is 73.0 cm³/mol. The fraction of sp³-hybridized carbons (Fsp3) is 0.500. The molecule has 0 aromatic heterocycles. The monoisotopic (exact) mass is 333 g/mol. The molecule has 84 valence electrons. The summed E-state index contributed by atoms with van der Waals surface area (Å²) < 4.78 is 2.23. The van der Waals surface area contributed by atoms with Gasteiger partial charge in [0, 0.05) is 15.0 Å². The second-order valence-corrected chi connectivity index (χ2v) is 5.74. The molecule has 2 N–H and O–H groups in total. The highest BCUT2D eigenvalue weighted by Gasteiger charge is 2.16. The normalized spacial score (nSPS) is 15.1. The summed E-state index contributed by atoms with van der Waals surface area (Å²) in [6.07, 6.45) is 1.10. The number of hydrogen-bond donors (Lipinski definition) is 1. The van der Waals surface area contributed by atoms with Crippen molar-refractivity contribution in [3.8, 4) is 0 Å². The van der Waals surface area contributed by atoms with E-state index in [0.717, 1.165) is 15.4 Å². The molecule has 3 heteroatoms. The van der Waals surface area contributed by atoms with Crippen LogP contribution in [0, 0.1) is 12.8 Å². The quantitative estimate of drug-likeness (QED) is 0.861. The Morgan fingerprint density at radius 3 is 2.40 bits per heavy atom. The first kappa shape index (κ1) is 13.2. The van der Waals surface area contributed by atoms with E-state index in [0.29, 0.717) is 5.92 Å². The van der Waals surface area contributed by atoms with Crippen molar-refractivity contribution in [3.63, 3.8) is 0 Å². The lowest BCUT2D eigenvalue weighted by Crippen LogP contribution is -2.19. The van der Waals surface area contributed by atoms with Crippen LogP contribution in [0.4, 0.5) is 0 Å². The molecule has 0 heterocycles. The van der Waals surface area contributed by atoms with Gasteiger partial charge in [0.05, 0.1) is 0 Å². The molecule has 0 aliphatic rings. The van der Waals surface area contributed by atoms with E-state index in [1.165, 1.54) is 11.1 Å². The lowest BCUT2D eigenvalue weighted by atomic mass is 9.93. The Kier molecular flexibility index (Phi) is 4.81. The first-order valence-electron chi connectivity index (χ1n) is 5.18. The first-order valence-corrected chi connectivity index (χ1v) is 6.77. The van der Waals surface area contributed by atoms with Crippen molar-refractivity contribution in [2.75, 3.05) is 0 Å². The smallest absolute Gasteiger partial charge is 0.0332 e. The standard InChI is InChI=1S/C12H17Br2N/c1-4-7(2)12(15)9-6-10(13)8(3)5-11(9)14/h5-7,12H,4,15H2,1-3H3. The van der Waals surface area contributed by atoms with Crippen molar-refractivity contribution < 1.29 is 0 Å². The zero-order valence-corrected chi connectivity index (χ0v) is 12.5. The first-order chi connectivity index (χ1) is 6.97. The highest BCUT2D eigenvalue weighted by Crippen LogP contribution is 2.32. The lowest BCUT2D eigenvalue weighted by Gasteiger charge is -2.20. The molecule has 1 rings (SSSR count). The Bertz CT molecular complexity index is 350. The summed E-state index contributed by atoms with van der Waals surface area (Å²) in [4.78, 5) is 0. The number of benzene rings is 1. The number of nitrogens with two attached hydrogens (primary N) is 1. The number of hydrogen-bond acceptors (Lipinski definition) is 1. The predicted octanol–water partition coefficient (Wildman–Crippen LogP) is 4.57. The molecule has 2 atom stereocenters. The summed E-state index contributed by atoms with van der Waals surface area (Å²) in [7, 11) is 0. The highest BCUT2D eigenvalue weighted by atomic mass is 79.9. The van der Waals surface area contributed by atoms with Crippen molar-refractivity contribution in [3.05, 3.63) is 32.2 Å². The van der Waals surface area contributed by atoms with Crippen LogP contribution in [-0.2, 0) is 0 Å². The zero-order valence-electron chi connectivity index (χ0n) is 9.35. The summed E-state index contributed by atoms with van der Waals surface area (Å²) in [5.41, 5.74) is 8.62. The van der Waals surface area contributed by atoms with Gasteiger partial charge in [-0.15, -0.1) is 0 Å². The fourth-order valence-electron chi connectivity index (χ4n) is 1.48. The minimum absolute atomic E-state index is 0.0984. The van der Waals surface area contributed by atoms with Gasteiger partial charge >= 0.3 is 0 Å².